The molecule has 1 aromatic carbocycles. The molecule has 0 radical (unpaired) electrons. The van der Waals surface area contributed by atoms with Gasteiger partial charge in [-0.25, -0.2) is 0 Å². The number of nitrogens with one attached hydrogen (secondary N) is 1. The standard InChI is InChI=1S/C20H23ClN2O2/c1-13-4-2-3-5-16(13)22-19(24)20(10-11-20)18-12-17(25-23-18)14-6-8-15(21)9-7-14/h6-9,12-13,16H,2-5,10-11H2,1H3,(H,22,24). The summed E-state index contributed by atoms with van der Waals surface area (Å²) >= 11 is 5.93. The summed E-state index contributed by atoms with van der Waals surface area (Å²) in [6, 6.07) is 9.64. The van der Waals surface area contributed by atoms with Crippen molar-refractivity contribution in [3.05, 3.63) is 41.0 Å². The van der Waals surface area contributed by atoms with Crippen LogP contribution in [-0.4, -0.2) is 17.1 Å². The predicted molar refractivity (Wildman–Crippen MR) is 97.4 cm³/mol. The van der Waals surface area contributed by atoms with Gasteiger partial charge in [-0.15, -0.1) is 0 Å². The van der Waals surface area contributed by atoms with E-state index in [4.69, 9.17) is 16.1 Å². The Balaban J connectivity index is 1.51. The summed E-state index contributed by atoms with van der Waals surface area (Å²) in [5.41, 5.74) is 1.17. The summed E-state index contributed by atoms with van der Waals surface area (Å²) in [7, 11) is 0. The highest BCUT2D eigenvalue weighted by Gasteiger charge is 2.54. The second kappa shape index (κ2) is 6.49. The average molecular weight is 359 g/mol. The smallest absolute Gasteiger partial charge is 0.232 e. The van der Waals surface area contributed by atoms with Crippen molar-refractivity contribution in [1.82, 2.24) is 10.5 Å². The van der Waals surface area contributed by atoms with Crippen LogP contribution in [0.25, 0.3) is 11.3 Å². The molecule has 2 aliphatic carbocycles. The van der Waals surface area contributed by atoms with Gasteiger partial charge in [-0.05, 0) is 55.9 Å². The number of amides is 1. The van der Waals surface area contributed by atoms with Crippen molar-refractivity contribution in [2.75, 3.05) is 0 Å². The molecule has 1 aromatic heterocycles. The number of rotatable bonds is 4. The number of aromatic nitrogens is 1. The Hall–Kier alpha value is -1.81. The molecule has 4 nitrogen and oxygen atoms in total. The van der Waals surface area contributed by atoms with Gasteiger partial charge in [-0.2, -0.15) is 0 Å². The highest BCUT2D eigenvalue weighted by molar-refractivity contribution is 6.30. The Morgan fingerprint density at radius 1 is 1.24 bits per heavy atom. The first-order chi connectivity index (χ1) is 12.1. The molecule has 2 unspecified atom stereocenters. The van der Waals surface area contributed by atoms with Crippen LogP contribution in [0.5, 0.6) is 0 Å². The van der Waals surface area contributed by atoms with Crippen LogP contribution in [0.3, 0.4) is 0 Å². The molecule has 2 atom stereocenters. The third kappa shape index (κ3) is 3.20. The summed E-state index contributed by atoms with van der Waals surface area (Å²) in [6.45, 7) is 2.23. The van der Waals surface area contributed by atoms with E-state index in [-0.39, 0.29) is 5.91 Å². The van der Waals surface area contributed by atoms with E-state index in [9.17, 15) is 4.79 Å². The van der Waals surface area contributed by atoms with E-state index < -0.39 is 5.41 Å². The summed E-state index contributed by atoms with van der Waals surface area (Å²) in [6.07, 6.45) is 6.43. The Labute approximate surface area is 152 Å². The molecule has 5 heteroatoms. The van der Waals surface area contributed by atoms with Crippen molar-refractivity contribution in [2.45, 2.75) is 56.9 Å². The van der Waals surface area contributed by atoms with Crippen molar-refractivity contribution in [3.8, 4) is 11.3 Å². The molecule has 2 aromatic rings. The lowest BCUT2D eigenvalue weighted by Crippen LogP contribution is -2.45. The zero-order valence-corrected chi connectivity index (χ0v) is 15.2. The quantitative estimate of drug-likeness (QED) is 0.860. The fourth-order valence-electron chi connectivity index (χ4n) is 3.81. The zero-order chi connectivity index (χ0) is 17.4. The van der Waals surface area contributed by atoms with Crippen LogP contribution in [0.15, 0.2) is 34.9 Å². The molecule has 0 bridgehead atoms. The fourth-order valence-corrected chi connectivity index (χ4v) is 3.94. The van der Waals surface area contributed by atoms with Crippen LogP contribution in [0.4, 0.5) is 0 Å². The summed E-state index contributed by atoms with van der Waals surface area (Å²) in [5.74, 6) is 1.34. The van der Waals surface area contributed by atoms with Gasteiger partial charge >= 0.3 is 0 Å². The zero-order valence-electron chi connectivity index (χ0n) is 14.4. The van der Waals surface area contributed by atoms with E-state index >= 15 is 0 Å². The SMILES string of the molecule is CC1CCCCC1NC(=O)C1(c2cc(-c3ccc(Cl)cc3)on2)CC1. The van der Waals surface area contributed by atoms with Crippen LogP contribution in [0.1, 0.15) is 51.1 Å². The van der Waals surface area contributed by atoms with E-state index in [1.54, 1.807) is 0 Å². The van der Waals surface area contributed by atoms with Crippen molar-refractivity contribution in [2.24, 2.45) is 5.92 Å². The molecule has 2 saturated carbocycles. The molecule has 0 aliphatic heterocycles. The Bertz CT molecular complexity index is 764. The summed E-state index contributed by atoms with van der Waals surface area (Å²) in [5, 5.41) is 8.19. The van der Waals surface area contributed by atoms with Gasteiger partial charge in [0.1, 0.15) is 0 Å². The number of benzene rings is 1. The second-order valence-electron chi connectivity index (χ2n) is 7.51. The lowest BCUT2D eigenvalue weighted by atomic mass is 9.85. The van der Waals surface area contributed by atoms with E-state index in [0.29, 0.717) is 22.7 Å². The average Bonchev–Trinajstić information content (AvgIpc) is 3.28. The van der Waals surface area contributed by atoms with E-state index in [1.165, 1.54) is 19.3 Å². The molecule has 2 aliphatic rings. The largest absolute Gasteiger partial charge is 0.356 e. The minimum absolute atomic E-state index is 0.113. The number of halogens is 1. The lowest BCUT2D eigenvalue weighted by Gasteiger charge is -2.30. The molecule has 0 saturated heterocycles. The van der Waals surface area contributed by atoms with E-state index in [2.05, 4.69) is 17.4 Å². The van der Waals surface area contributed by atoms with Gasteiger partial charge in [-0.1, -0.05) is 36.5 Å². The molecule has 132 valence electrons. The molecule has 1 heterocycles. The fraction of sp³-hybridized carbons (Fsp3) is 0.500. The molecule has 1 N–H and O–H groups in total. The first-order valence-corrected chi connectivity index (χ1v) is 9.50. The van der Waals surface area contributed by atoms with Crippen LogP contribution in [0, 0.1) is 5.92 Å². The van der Waals surface area contributed by atoms with Gasteiger partial charge in [0.25, 0.3) is 0 Å². The topological polar surface area (TPSA) is 55.1 Å². The second-order valence-corrected chi connectivity index (χ2v) is 7.94. The van der Waals surface area contributed by atoms with Crippen molar-refractivity contribution >= 4 is 17.5 Å². The highest BCUT2D eigenvalue weighted by atomic mass is 35.5. The molecular weight excluding hydrogens is 336 g/mol. The number of carbonyl (C=O) groups is 1. The maximum Gasteiger partial charge on any atom is 0.232 e. The minimum atomic E-state index is -0.495. The number of hydrogen-bond acceptors (Lipinski definition) is 3. The molecule has 1 amide bonds. The third-order valence-corrected chi connectivity index (χ3v) is 5.99. The van der Waals surface area contributed by atoms with Gasteiger partial charge in [0.2, 0.25) is 5.91 Å². The molecule has 4 rings (SSSR count). The van der Waals surface area contributed by atoms with Crippen molar-refractivity contribution in [1.29, 1.82) is 0 Å². The third-order valence-electron chi connectivity index (χ3n) is 5.74. The van der Waals surface area contributed by atoms with Gasteiger partial charge in [-0.3, -0.25) is 4.79 Å². The van der Waals surface area contributed by atoms with Crippen molar-refractivity contribution in [3.63, 3.8) is 0 Å². The molecule has 2 fully saturated rings. The Morgan fingerprint density at radius 3 is 2.64 bits per heavy atom. The highest BCUT2D eigenvalue weighted by Crippen LogP contribution is 2.49. The maximum atomic E-state index is 12.9. The minimum Gasteiger partial charge on any atom is -0.356 e. The van der Waals surface area contributed by atoms with Crippen LogP contribution in [-0.2, 0) is 10.2 Å². The molecule has 0 spiro atoms. The number of carbonyl (C=O) groups excluding carboxylic acids is 1. The van der Waals surface area contributed by atoms with Gasteiger partial charge in [0.15, 0.2) is 5.76 Å². The van der Waals surface area contributed by atoms with Gasteiger partial charge in [0.05, 0.1) is 11.1 Å². The Kier molecular flexibility index (Phi) is 4.32. The van der Waals surface area contributed by atoms with Gasteiger partial charge < -0.3 is 9.84 Å². The number of nitrogens with zero attached hydrogens (tertiary/aromatic N) is 1. The lowest BCUT2D eigenvalue weighted by molar-refractivity contribution is -0.125. The number of hydrogen-bond donors (Lipinski definition) is 1. The predicted octanol–water partition coefficient (Wildman–Crippen LogP) is 4.72. The van der Waals surface area contributed by atoms with Crippen LogP contribution < -0.4 is 5.32 Å². The summed E-state index contributed by atoms with van der Waals surface area (Å²) in [4.78, 5) is 12.9. The van der Waals surface area contributed by atoms with Gasteiger partial charge in [0, 0.05) is 22.7 Å². The van der Waals surface area contributed by atoms with Crippen LogP contribution >= 0.6 is 11.6 Å². The normalized spacial score (nSPS) is 24.7. The first-order valence-electron chi connectivity index (χ1n) is 9.13. The first kappa shape index (κ1) is 16.6. The molecular formula is C20H23ClN2O2. The summed E-state index contributed by atoms with van der Waals surface area (Å²) < 4.78 is 5.51. The van der Waals surface area contributed by atoms with E-state index in [1.807, 2.05) is 30.3 Å². The van der Waals surface area contributed by atoms with Crippen molar-refractivity contribution < 1.29 is 9.32 Å². The van der Waals surface area contributed by atoms with E-state index in [0.717, 1.165) is 30.5 Å². The molecule has 25 heavy (non-hydrogen) atoms. The Morgan fingerprint density at radius 2 is 1.96 bits per heavy atom. The maximum absolute atomic E-state index is 12.9. The monoisotopic (exact) mass is 358 g/mol. The van der Waals surface area contributed by atoms with Crippen LogP contribution in [0.2, 0.25) is 5.02 Å².